The quantitative estimate of drug-likeness (QED) is 0.885. The summed E-state index contributed by atoms with van der Waals surface area (Å²) in [7, 11) is 0. The van der Waals surface area contributed by atoms with Crippen LogP contribution in [0.3, 0.4) is 0 Å². The van der Waals surface area contributed by atoms with E-state index in [9.17, 15) is 4.39 Å². The Morgan fingerprint density at radius 2 is 2.33 bits per heavy atom. The molecule has 18 heavy (non-hydrogen) atoms. The normalized spacial score (nSPS) is 19.7. The summed E-state index contributed by atoms with van der Waals surface area (Å²) in [5, 5.41) is 3.82. The van der Waals surface area contributed by atoms with Gasteiger partial charge in [-0.15, -0.1) is 0 Å². The Kier molecular flexibility index (Phi) is 4.98. The van der Waals surface area contributed by atoms with E-state index in [1.165, 1.54) is 6.07 Å². The first-order valence-electron chi connectivity index (χ1n) is 6.59. The van der Waals surface area contributed by atoms with Crippen LogP contribution in [0.2, 0.25) is 5.02 Å². The third-order valence-electron chi connectivity index (χ3n) is 3.45. The largest absolute Gasteiger partial charge is 0.315 e. The van der Waals surface area contributed by atoms with Gasteiger partial charge in [-0.2, -0.15) is 0 Å². The van der Waals surface area contributed by atoms with Crippen LogP contribution in [0.25, 0.3) is 0 Å². The fourth-order valence-electron chi connectivity index (χ4n) is 2.50. The number of hydrogen-bond acceptors (Lipinski definition) is 2. The van der Waals surface area contributed by atoms with Gasteiger partial charge < -0.3 is 5.32 Å². The van der Waals surface area contributed by atoms with Crippen LogP contribution in [0.5, 0.6) is 0 Å². The molecule has 1 fully saturated rings. The standard InChI is InChI=1S/C14H20ClFN2/c1-2-7-18(13-5-6-17-9-13)10-11-3-4-12(15)8-14(11)16/h3-4,8,13,17H,2,5-7,9-10H2,1H3. The predicted molar refractivity (Wildman–Crippen MR) is 73.4 cm³/mol. The van der Waals surface area contributed by atoms with Gasteiger partial charge in [0.1, 0.15) is 5.82 Å². The average Bonchev–Trinajstić information content (AvgIpc) is 2.85. The van der Waals surface area contributed by atoms with Crippen LogP contribution in [0, 0.1) is 5.82 Å². The molecule has 1 N–H and O–H groups in total. The molecule has 1 saturated heterocycles. The van der Waals surface area contributed by atoms with Crippen LogP contribution in [-0.2, 0) is 6.54 Å². The van der Waals surface area contributed by atoms with Gasteiger partial charge in [-0.25, -0.2) is 4.39 Å². The average molecular weight is 271 g/mol. The summed E-state index contributed by atoms with van der Waals surface area (Å²) in [5.74, 6) is -0.199. The van der Waals surface area contributed by atoms with Crippen molar-refractivity contribution >= 4 is 11.6 Å². The van der Waals surface area contributed by atoms with E-state index in [2.05, 4.69) is 17.1 Å². The molecule has 1 heterocycles. The fourth-order valence-corrected chi connectivity index (χ4v) is 2.66. The van der Waals surface area contributed by atoms with Crippen LogP contribution in [-0.4, -0.2) is 30.6 Å². The molecule has 2 nitrogen and oxygen atoms in total. The molecule has 1 aromatic carbocycles. The van der Waals surface area contributed by atoms with Gasteiger partial charge in [-0.1, -0.05) is 24.6 Å². The highest BCUT2D eigenvalue weighted by Crippen LogP contribution is 2.19. The SMILES string of the molecule is CCCN(Cc1ccc(Cl)cc1F)C1CCNC1. The minimum atomic E-state index is -0.199. The zero-order valence-electron chi connectivity index (χ0n) is 10.8. The molecule has 1 unspecified atom stereocenters. The van der Waals surface area contributed by atoms with Crippen molar-refractivity contribution in [1.82, 2.24) is 10.2 Å². The van der Waals surface area contributed by atoms with Gasteiger partial charge in [0.25, 0.3) is 0 Å². The third-order valence-corrected chi connectivity index (χ3v) is 3.69. The first-order valence-corrected chi connectivity index (χ1v) is 6.97. The zero-order chi connectivity index (χ0) is 13.0. The molecular formula is C14H20ClFN2. The molecule has 100 valence electrons. The summed E-state index contributed by atoms with van der Waals surface area (Å²) in [4.78, 5) is 2.37. The molecule has 0 bridgehead atoms. The second-order valence-electron chi connectivity index (χ2n) is 4.85. The molecule has 4 heteroatoms. The van der Waals surface area contributed by atoms with E-state index in [0.29, 0.717) is 17.6 Å². The van der Waals surface area contributed by atoms with Gasteiger partial charge in [0, 0.05) is 29.7 Å². The van der Waals surface area contributed by atoms with Gasteiger partial charge in [0.05, 0.1) is 0 Å². The summed E-state index contributed by atoms with van der Waals surface area (Å²) < 4.78 is 13.8. The van der Waals surface area contributed by atoms with E-state index < -0.39 is 0 Å². The lowest BCUT2D eigenvalue weighted by atomic mass is 10.1. The number of halogens is 2. The number of hydrogen-bond donors (Lipinski definition) is 1. The Morgan fingerprint density at radius 3 is 2.94 bits per heavy atom. The van der Waals surface area contributed by atoms with E-state index in [1.54, 1.807) is 12.1 Å². The number of benzene rings is 1. The van der Waals surface area contributed by atoms with Crippen molar-refractivity contribution in [2.75, 3.05) is 19.6 Å². The van der Waals surface area contributed by atoms with E-state index in [0.717, 1.165) is 38.0 Å². The Labute approximate surface area is 113 Å². The Balaban J connectivity index is 2.07. The predicted octanol–water partition coefficient (Wildman–Crippen LogP) is 3.05. The lowest BCUT2D eigenvalue weighted by molar-refractivity contribution is 0.197. The van der Waals surface area contributed by atoms with Gasteiger partial charge in [-0.3, -0.25) is 4.90 Å². The first kappa shape index (κ1) is 13.8. The van der Waals surface area contributed by atoms with Crippen molar-refractivity contribution in [3.63, 3.8) is 0 Å². The van der Waals surface area contributed by atoms with Gasteiger partial charge >= 0.3 is 0 Å². The van der Waals surface area contributed by atoms with E-state index >= 15 is 0 Å². The van der Waals surface area contributed by atoms with Crippen molar-refractivity contribution in [3.8, 4) is 0 Å². The number of nitrogens with one attached hydrogen (secondary N) is 1. The van der Waals surface area contributed by atoms with Crippen molar-refractivity contribution in [2.24, 2.45) is 0 Å². The monoisotopic (exact) mass is 270 g/mol. The highest BCUT2D eigenvalue weighted by Gasteiger charge is 2.22. The second-order valence-corrected chi connectivity index (χ2v) is 5.29. The fraction of sp³-hybridized carbons (Fsp3) is 0.571. The van der Waals surface area contributed by atoms with Crippen LogP contribution in [0.4, 0.5) is 4.39 Å². The molecule has 0 aliphatic carbocycles. The molecule has 0 saturated carbocycles. The maximum absolute atomic E-state index is 13.8. The van der Waals surface area contributed by atoms with Crippen molar-refractivity contribution in [3.05, 3.63) is 34.6 Å². The summed E-state index contributed by atoms with van der Waals surface area (Å²) >= 11 is 5.78. The maximum Gasteiger partial charge on any atom is 0.129 e. The minimum absolute atomic E-state index is 0.199. The van der Waals surface area contributed by atoms with Crippen LogP contribution < -0.4 is 5.32 Å². The van der Waals surface area contributed by atoms with Gasteiger partial charge in [0.2, 0.25) is 0 Å². The van der Waals surface area contributed by atoms with Crippen molar-refractivity contribution < 1.29 is 4.39 Å². The Bertz CT molecular complexity index is 391. The van der Waals surface area contributed by atoms with Gasteiger partial charge in [0.15, 0.2) is 0 Å². The molecule has 1 atom stereocenters. The van der Waals surface area contributed by atoms with Crippen molar-refractivity contribution in [2.45, 2.75) is 32.4 Å². The van der Waals surface area contributed by atoms with Crippen LogP contribution in [0.15, 0.2) is 18.2 Å². The first-order chi connectivity index (χ1) is 8.70. The highest BCUT2D eigenvalue weighted by atomic mass is 35.5. The Hall–Kier alpha value is -0.640. The van der Waals surface area contributed by atoms with E-state index in [4.69, 9.17) is 11.6 Å². The zero-order valence-corrected chi connectivity index (χ0v) is 11.5. The summed E-state index contributed by atoms with van der Waals surface area (Å²) in [6.45, 7) is 5.91. The summed E-state index contributed by atoms with van der Waals surface area (Å²) in [6.07, 6.45) is 2.24. The topological polar surface area (TPSA) is 15.3 Å². The minimum Gasteiger partial charge on any atom is -0.315 e. The second kappa shape index (κ2) is 6.50. The lowest BCUT2D eigenvalue weighted by Crippen LogP contribution is -2.37. The molecule has 0 radical (unpaired) electrons. The molecule has 1 aliphatic rings. The van der Waals surface area contributed by atoms with E-state index in [1.807, 2.05) is 0 Å². The summed E-state index contributed by atoms with van der Waals surface area (Å²) in [6, 6.07) is 5.48. The molecule has 0 aromatic heterocycles. The Morgan fingerprint density at radius 1 is 1.50 bits per heavy atom. The van der Waals surface area contributed by atoms with Crippen molar-refractivity contribution in [1.29, 1.82) is 0 Å². The molecular weight excluding hydrogens is 251 g/mol. The number of nitrogens with zero attached hydrogens (tertiary/aromatic N) is 1. The smallest absolute Gasteiger partial charge is 0.129 e. The molecule has 0 amide bonds. The molecule has 1 aromatic rings. The van der Waals surface area contributed by atoms with E-state index in [-0.39, 0.29) is 5.82 Å². The summed E-state index contributed by atoms with van der Waals surface area (Å²) in [5.41, 5.74) is 0.736. The highest BCUT2D eigenvalue weighted by molar-refractivity contribution is 6.30. The van der Waals surface area contributed by atoms with Gasteiger partial charge in [-0.05, 0) is 38.1 Å². The lowest BCUT2D eigenvalue weighted by Gasteiger charge is -2.28. The van der Waals surface area contributed by atoms with Crippen LogP contribution >= 0.6 is 11.6 Å². The molecule has 1 aliphatic heterocycles. The maximum atomic E-state index is 13.8. The number of rotatable bonds is 5. The van der Waals surface area contributed by atoms with Crippen LogP contribution in [0.1, 0.15) is 25.3 Å². The third kappa shape index (κ3) is 3.44. The molecule has 0 spiro atoms. The molecule has 2 rings (SSSR count).